The minimum absolute atomic E-state index is 0.245. The maximum atomic E-state index is 10.1. The molecule has 2 aromatic rings. The number of phenols is 1. The van der Waals surface area contributed by atoms with E-state index in [9.17, 15) is 5.11 Å². The molecule has 136 valence electrons. The Balaban J connectivity index is 1.57. The molecule has 25 heavy (non-hydrogen) atoms. The van der Waals surface area contributed by atoms with E-state index < -0.39 is 0 Å². The van der Waals surface area contributed by atoms with Crippen molar-refractivity contribution in [1.82, 2.24) is 0 Å². The normalized spacial score (nSPS) is 15.4. The standard InChI is InChI=1S/C22H30O3/c1-2-3-7-19-13-14-20(24-19)12-10-17-11-15-21(23)22(16-17)25-18-8-5-4-6-9-18/h11,13-16,18,23H,2-10,12H2,1H3. The van der Waals surface area contributed by atoms with Gasteiger partial charge in [0.15, 0.2) is 11.5 Å². The summed E-state index contributed by atoms with van der Waals surface area (Å²) in [4.78, 5) is 0. The van der Waals surface area contributed by atoms with Crippen LogP contribution < -0.4 is 4.74 Å². The zero-order valence-electron chi connectivity index (χ0n) is 15.3. The first-order valence-electron chi connectivity index (χ1n) is 9.80. The summed E-state index contributed by atoms with van der Waals surface area (Å²) >= 11 is 0. The van der Waals surface area contributed by atoms with Gasteiger partial charge in [0.05, 0.1) is 6.10 Å². The number of rotatable bonds is 8. The van der Waals surface area contributed by atoms with Crippen molar-refractivity contribution in [2.45, 2.75) is 77.2 Å². The highest BCUT2D eigenvalue weighted by Crippen LogP contribution is 2.31. The fraction of sp³-hybridized carbons (Fsp3) is 0.545. The van der Waals surface area contributed by atoms with Crippen molar-refractivity contribution in [2.75, 3.05) is 0 Å². The fourth-order valence-corrected chi connectivity index (χ4v) is 3.48. The topological polar surface area (TPSA) is 42.6 Å². The molecule has 0 bridgehead atoms. The van der Waals surface area contributed by atoms with Crippen LogP contribution in [0.1, 0.15) is 69.0 Å². The van der Waals surface area contributed by atoms with Gasteiger partial charge in [-0.3, -0.25) is 0 Å². The van der Waals surface area contributed by atoms with Crippen molar-refractivity contribution >= 4 is 0 Å². The minimum atomic E-state index is 0.245. The number of ether oxygens (including phenoxy) is 1. The van der Waals surface area contributed by atoms with Crippen LogP contribution in [0.5, 0.6) is 11.5 Å². The Hall–Kier alpha value is -1.90. The first kappa shape index (κ1) is 17.9. The van der Waals surface area contributed by atoms with E-state index in [2.05, 4.69) is 19.1 Å². The lowest BCUT2D eigenvalue weighted by atomic mass is 9.97. The Labute approximate surface area is 151 Å². The molecule has 1 fully saturated rings. The highest BCUT2D eigenvalue weighted by atomic mass is 16.5. The van der Waals surface area contributed by atoms with Crippen LogP contribution in [0, 0.1) is 0 Å². The summed E-state index contributed by atoms with van der Waals surface area (Å²) in [5, 5.41) is 10.1. The van der Waals surface area contributed by atoms with Gasteiger partial charge in [-0.05, 0) is 68.4 Å². The predicted molar refractivity (Wildman–Crippen MR) is 100 cm³/mol. The van der Waals surface area contributed by atoms with Crippen molar-refractivity contribution in [2.24, 2.45) is 0 Å². The molecule has 1 aromatic heterocycles. The monoisotopic (exact) mass is 342 g/mol. The number of unbranched alkanes of at least 4 members (excludes halogenated alkanes) is 1. The molecule has 3 rings (SSSR count). The van der Waals surface area contributed by atoms with Crippen LogP contribution in [-0.4, -0.2) is 11.2 Å². The van der Waals surface area contributed by atoms with Gasteiger partial charge in [-0.25, -0.2) is 0 Å². The quantitative estimate of drug-likeness (QED) is 0.657. The largest absolute Gasteiger partial charge is 0.504 e. The first-order valence-corrected chi connectivity index (χ1v) is 9.80. The molecule has 0 aliphatic heterocycles. The minimum Gasteiger partial charge on any atom is -0.504 e. The van der Waals surface area contributed by atoms with E-state index in [1.807, 2.05) is 12.1 Å². The lowest BCUT2D eigenvalue weighted by molar-refractivity contribution is 0.150. The summed E-state index contributed by atoms with van der Waals surface area (Å²) in [6.07, 6.45) is 11.3. The van der Waals surface area contributed by atoms with E-state index in [-0.39, 0.29) is 11.9 Å². The zero-order valence-corrected chi connectivity index (χ0v) is 15.3. The van der Waals surface area contributed by atoms with E-state index in [0.29, 0.717) is 5.75 Å². The smallest absolute Gasteiger partial charge is 0.161 e. The van der Waals surface area contributed by atoms with Gasteiger partial charge in [0.2, 0.25) is 0 Å². The number of hydrogen-bond acceptors (Lipinski definition) is 3. The van der Waals surface area contributed by atoms with Gasteiger partial charge in [-0.1, -0.05) is 25.8 Å². The van der Waals surface area contributed by atoms with Gasteiger partial charge in [0.25, 0.3) is 0 Å². The van der Waals surface area contributed by atoms with Crippen LogP contribution in [0.15, 0.2) is 34.7 Å². The highest BCUT2D eigenvalue weighted by molar-refractivity contribution is 5.42. The molecule has 1 N–H and O–H groups in total. The molecule has 0 atom stereocenters. The second kappa shape index (κ2) is 8.98. The van der Waals surface area contributed by atoms with Gasteiger partial charge in [-0.15, -0.1) is 0 Å². The van der Waals surface area contributed by atoms with Crippen LogP contribution in [0.3, 0.4) is 0 Å². The molecule has 1 aliphatic rings. The third kappa shape index (κ3) is 5.29. The number of furan rings is 1. The molecule has 3 heteroatoms. The van der Waals surface area contributed by atoms with Gasteiger partial charge >= 0.3 is 0 Å². The summed E-state index contributed by atoms with van der Waals surface area (Å²) < 4.78 is 12.0. The Morgan fingerprint density at radius 1 is 1.00 bits per heavy atom. The summed E-state index contributed by atoms with van der Waals surface area (Å²) in [5.41, 5.74) is 1.18. The molecule has 0 amide bonds. The Bertz CT molecular complexity index is 653. The maximum absolute atomic E-state index is 10.1. The van der Waals surface area contributed by atoms with Crippen LogP contribution >= 0.6 is 0 Å². The lowest BCUT2D eigenvalue weighted by Gasteiger charge is -2.23. The third-order valence-corrected chi connectivity index (χ3v) is 5.02. The first-order chi connectivity index (χ1) is 12.2. The molecule has 0 unspecified atom stereocenters. The molecule has 3 nitrogen and oxygen atoms in total. The highest BCUT2D eigenvalue weighted by Gasteiger charge is 2.16. The average Bonchev–Trinajstić information content (AvgIpc) is 3.09. The van der Waals surface area contributed by atoms with Gasteiger partial charge in [0.1, 0.15) is 11.5 Å². The number of aromatic hydroxyl groups is 1. The van der Waals surface area contributed by atoms with Crippen LogP contribution in [-0.2, 0) is 19.3 Å². The zero-order chi connectivity index (χ0) is 17.5. The molecule has 0 spiro atoms. The van der Waals surface area contributed by atoms with E-state index >= 15 is 0 Å². The third-order valence-electron chi connectivity index (χ3n) is 5.02. The van der Waals surface area contributed by atoms with Gasteiger partial charge < -0.3 is 14.3 Å². The Morgan fingerprint density at radius 2 is 1.76 bits per heavy atom. The van der Waals surface area contributed by atoms with Crippen molar-refractivity contribution in [3.8, 4) is 11.5 Å². The van der Waals surface area contributed by atoms with E-state index in [1.54, 1.807) is 6.07 Å². The van der Waals surface area contributed by atoms with E-state index in [1.165, 1.54) is 37.7 Å². The van der Waals surface area contributed by atoms with Crippen molar-refractivity contribution < 1.29 is 14.3 Å². The van der Waals surface area contributed by atoms with Crippen molar-refractivity contribution in [3.63, 3.8) is 0 Å². The number of phenolic OH excluding ortho intramolecular Hbond substituents is 1. The molecular weight excluding hydrogens is 312 g/mol. The maximum Gasteiger partial charge on any atom is 0.161 e. The number of benzene rings is 1. The van der Waals surface area contributed by atoms with Crippen LogP contribution in [0.4, 0.5) is 0 Å². The number of aryl methyl sites for hydroxylation is 3. The second-order valence-electron chi connectivity index (χ2n) is 7.15. The second-order valence-corrected chi connectivity index (χ2v) is 7.15. The fourth-order valence-electron chi connectivity index (χ4n) is 3.48. The van der Waals surface area contributed by atoms with Crippen LogP contribution in [0.25, 0.3) is 0 Å². The SMILES string of the molecule is CCCCc1ccc(CCc2ccc(O)c(OC3CCCCC3)c2)o1. The molecule has 1 saturated carbocycles. The summed E-state index contributed by atoms with van der Waals surface area (Å²) in [7, 11) is 0. The van der Waals surface area contributed by atoms with Gasteiger partial charge in [0, 0.05) is 12.8 Å². The molecule has 0 radical (unpaired) electrons. The van der Waals surface area contributed by atoms with Crippen molar-refractivity contribution in [1.29, 1.82) is 0 Å². The Kier molecular flexibility index (Phi) is 6.43. The molecular formula is C22H30O3. The molecule has 1 heterocycles. The Morgan fingerprint density at radius 3 is 2.52 bits per heavy atom. The molecule has 0 saturated heterocycles. The van der Waals surface area contributed by atoms with Crippen LogP contribution in [0.2, 0.25) is 0 Å². The molecule has 1 aliphatic carbocycles. The summed E-state index contributed by atoms with van der Waals surface area (Å²) in [6, 6.07) is 9.90. The predicted octanol–water partition coefficient (Wildman–Crippen LogP) is 5.82. The average molecular weight is 342 g/mol. The number of hydrogen-bond donors (Lipinski definition) is 1. The van der Waals surface area contributed by atoms with Gasteiger partial charge in [-0.2, -0.15) is 0 Å². The summed E-state index contributed by atoms with van der Waals surface area (Å²) in [6.45, 7) is 2.20. The van der Waals surface area contributed by atoms with Crippen molar-refractivity contribution in [3.05, 3.63) is 47.4 Å². The summed E-state index contributed by atoms with van der Waals surface area (Å²) in [5.74, 6) is 3.00. The molecule has 1 aromatic carbocycles. The van der Waals surface area contributed by atoms with E-state index in [0.717, 1.165) is 43.6 Å². The van der Waals surface area contributed by atoms with E-state index in [4.69, 9.17) is 9.15 Å². The lowest BCUT2D eigenvalue weighted by Crippen LogP contribution is -2.19.